The summed E-state index contributed by atoms with van der Waals surface area (Å²) in [5.41, 5.74) is 4.45. The molecule has 3 aromatic carbocycles. The van der Waals surface area contributed by atoms with Gasteiger partial charge in [0, 0.05) is 36.0 Å². The van der Waals surface area contributed by atoms with E-state index in [-0.39, 0.29) is 11.6 Å². The summed E-state index contributed by atoms with van der Waals surface area (Å²) in [6.45, 7) is 4.31. The molecule has 2 aliphatic heterocycles. The van der Waals surface area contributed by atoms with Crippen LogP contribution in [0.4, 0.5) is 17.1 Å². The van der Waals surface area contributed by atoms with Gasteiger partial charge in [-0.3, -0.25) is 24.8 Å². The molecule has 0 aliphatic carbocycles. The van der Waals surface area contributed by atoms with Crippen LogP contribution in [-0.2, 0) is 11.3 Å². The van der Waals surface area contributed by atoms with Gasteiger partial charge in [-0.2, -0.15) is 0 Å². The summed E-state index contributed by atoms with van der Waals surface area (Å²) < 4.78 is 0. The molecule has 172 valence electrons. The summed E-state index contributed by atoms with van der Waals surface area (Å²) in [4.78, 5) is 31.3. The van der Waals surface area contributed by atoms with E-state index in [0.29, 0.717) is 23.0 Å². The number of hydrogen-bond donors (Lipinski definition) is 1. The van der Waals surface area contributed by atoms with Crippen LogP contribution in [0.25, 0.3) is 0 Å². The molecule has 0 aromatic heterocycles. The number of likely N-dealkylation sites (tertiary alicyclic amines) is 1. The molecule has 2 unspecified atom stereocenters. The van der Waals surface area contributed by atoms with Crippen molar-refractivity contribution in [1.82, 2.24) is 4.90 Å². The monoisotopic (exact) mass is 454 g/mol. The van der Waals surface area contributed by atoms with Crippen molar-refractivity contribution in [3.05, 3.63) is 99.6 Å². The minimum absolute atomic E-state index is 0.0480. The Balaban J connectivity index is 1.51. The Labute approximate surface area is 198 Å². The number of benzene rings is 3. The SMILES string of the molecule is CC1CCCN1Cc1ccc(N=C(c2ccccc2)C2C(=O)Nc3ccc([N+](=O)[O-])cc32)cc1. The maximum absolute atomic E-state index is 13.0. The number of nitrogens with one attached hydrogen (secondary N) is 1. The molecule has 2 aliphatic rings. The number of fused-ring (bicyclic) bond motifs is 1. The summed E-state index contributed by atoms with van der Waals surface area (Å²) in [5, 5.41) is 14.2. The fraction of sp³-hybridized carbons (Fsp3) is 0.259. The van der Waals surface area contributed by atoms with Crippen LogP contribution in [-0.4, -0.2) is 34.0 Å². The fourth-order valence-corrected chi connectivity index (χ4v) is 4.82. The minimum atomic E-state index is -0.734. The third-order valence-electron chi connectivity index (χ3n) is 6.68. The highest BCUT2D eigenvalue weighted by Crippen LogP contribution is 2.38. The van der Waals surface area contributed by atoms with Crippen LogP contribution in [0.1, 0.15) is 42.4 Å². The number of hydrogen-bond acceptors (Lipinski definition) is 5. The molecule has 5 rings (SSSR count). The first kappa shape index (κ1) is 22.0. The fourth-order valence-electron chi connectivity index (χ4n) is 4.82. The molecule has 0 saturated carbocycles. The van der Waals surface area contributed by atoms with Gasteiger partial charge in [0.25, 0.3) is 5.69 Å². The lowest BCUT2D eigenvalue weighted by Crippen LogP contribution is -2.26. The van der Waals surface area contributed by atoms with E-state index in [9.17, 15) is 14.9 Å². The van der Waals surface area contributed by atoms with E-state index in [0.717, 1.165) is 24.3 Å². The van der Waals surface area contributed by atoms with Crippen molar-refractivity contribution in [2.75, 3.05) is 11.9 Å². The van der Waals surface area contributed by atoms with Crippen molar-refractivity contribution in [3.63, 3.8) is 0 Å². The predicted octanol–water partition coefficient (Wildman–Crippen LogP) is 5.44. The molecular formula is C27H26N4O3. The highest BCUT2D eigenvalue weighted by Gasteiger charge is 2.36. The molecule has 34 heavy (non-hydrogen) atoms. The molecule has 3 aromatic rings. The maximum atomic E-state index is 13.0. The number of aliphatic imine (C=N–C) groups is 1. The second-order valence-electron chi connectivity index (χ2n) is 8.94. The lowest BCUT2D eigenvalue weighted by Gasteiger charge is -2.21. The van der Waals surface area contributed by atoms with Crippen LogP contribution < -0.4 is 5.32 Å². The maximum Gasteiger partial charge on any atom is 0.269 e. The molecule has 2 heterocycles. The summed E-state index contributed by atoms with van der Waals surface area (Å²) in [6, 6.07) is 22.7. The topological polar surface area (TPSA) is 87.8 Å². The second kappa shape index (κ2) is 9.19. The van der Waals surface area contributed by atoms with Gasteiger partial charge in [0.05, 0.1) is 16.3 Å². The molecule has 2 atom stereocenters. The highest BCUT2D eigenvalue weighted by molar-refractivity contribution is 6.24. The van der Waals surface area contributed by atoms with E-state index in [4.69, 9.17) is 4.99 Å². The Bertz CT molecular complexity index is 1250. The van der Waals surface area contributed by atoms with Crippen LogP contribution >= 0.6 is 0 Å². The minimum Gasteiger partial charge on any atom is -0.325 e. The zero-order valence-electron chi connectivity index (χ0n) is 19.0. The Kier molecular flexibility index (Phi) is 5.94. The lowest BCUT2D eigenvalue weighted by molar-refractivity contribution is -0.384. The van der Waals surface area contributed by atoms with Crippen molar-refractivity contribution in [2.45, 2.75) is 38.3 Å². The van der Waals surface area contributed by atoms with Crippen LogP contribution in [0, 0.1) is 10.1 Å². The quantitative estimate of drug-likeness (QED) is 0.305. The standard InChI is InChI=1S/C27H26N4O3/c1-18-6-5-15-30(18)17-19-9-11-21(12-10-19)28-26(20-7-3-2-4-8-20)25-23-16-22(31(33)34)13-14-24(23)29-27(25)32/h2-4,7-14,16,18,25H,5-6,15,17H2,1H3,(H,29,32). The van der Waals surface area contributed by atoms with Crippen molar-refractivity contribution < 1.29 is 9.72 Å². The smallest absolute Gasteiger partial charge is 0.269 e. The number of carbonyl (C=O) groups is 1. The van der Waals surface area contributed by atoms with Crippen LogP contribution in [0.2, 0.25) is 0 Å². The highest BCUT2D eigenvalue weighted by atomic mass is 16.6. The molecular weight excluding hydrogens is 428 g/mol. The van der Waals surface area contributed by atoms with Gasteiger partial charge >= 0.3 is 0 Å². The number of non-ortho nitro benzene ring substituents is 1. The van der Waals surface area contributed by atoms with Crippen molar-refractivity contribution in [1.29, 1.82) is 0 Å². The Morgan fingerprint density at radius 2 is 1.88 bits per heavy atom. The molecule has 1 saturated heterocycles. The molecule has 0 radical (unpaired) electrons. The van der Waals surface area contributed by atoms with Gasteiger partial charge in [0.1, 0.15) is 5.92 Å². The van der Waals surface area contributed by atoms with Gasteiger partial charge in [0.2, 0.25) is 5.91 Å². The molecule has 7 nitrogen and oxygen atoms in total. The number of rotatable bonds is 6. The number of anilines is 1. The summed E-state index contributed by atoms with van der Waals surface area (Å²) in [5.74, 6) is -0.972. The average Bonchev–Trinajstić information content (AvgIpc) is 3.40. The third kappa shape index (κ3) is 4.34. The first-order valence-electron chi connectivity index (χ1n) is 11.6. The molecule has 0 bridgehead atoms. The van der Waals surface area contributed by atoms with Crippen LogP contribution in [0.5, 0.6) is 0 Å². The molecule has 1 N–H and O–H groups in total. The van der Waals surface area contributed by atoms with Gasteiger partial charge < -0.3 is 5.32 Å². The summed E-state index contributed by atoms with van der Waals surface area (Å²) in [7, 11) is 0. The Hall–Kier alpha value is -3.84. The zero-order valence-corrected chi connectivity index (χ0v) is 19.0. The van der Waals surface area contributed by atoms with E-state index < -0.39 is 10.8 Å². The second-order valence-corrected chi connectivity index (χ2v) is 8.94. The van der Waals surface area contributed by atoms with Crippen LogP contribution in [0.15, 0.2) is 77.8 Å². The van der Waals surface area contributed by atoms with Gasteiger partial charge in [-0.05, 0) is 55.6 Å². The molecule has 1 fully saturated rings. The van der Waals surface area contributed by atoms with Crippen molar-refractivity contribution in [2.24, 2.45) is 4.99 Å². The van der Waals surface area contributed by atoms with E-state index in [1.54, 1.807) is 6.07 Å². The number of nitrogens with zero attached hydrogens (tertiary/aromatic N) is 3. The average molecular weight is 455 g/mol. The third-order valence-corrected chi connectivity index (χ3v) is 6.68. The lowest BCUT2D eigenvalue weighted by atomic mass is 9.90. The van der Waals surface area contributed by atoms with Crippen molar-refractivity contribution in [3.8, 4) is 0 Å². The summed E-state index contributed by atoms with van der Waals surface area (Å²) >= 11 is 0. The van der Waals surface area contributed by atoms with Gasteiger partial charge in [-0.1, -0.05) is 42.5 Å². The Morgan fingerprint density at radius 1 is 1.12 bits per heavy atom. The van der Waals surface area contributed by atoms with E-state index in [2.05, 4.69) is 29.3 Å². The number of nitro groups is 1. The predicted molar refractivity (Wildman–Crippen MR) is 133 cm³/mol. The normalized spacial score (nSPS) is 20.3. The number of carbonyl (C=O) groups excluding carboxylic acids is 1. The molecule has 1 amide bonds. The van der Waals surface area contributed by atoms with Crippen LogP contribution in [0.3, 0.4) is 0 Å². The van der Waals surface area contributed by atoms with Gasteiger partial charge in [0.15, 0.2) is 0 Å². The summed E-state index contributed by atoms with van der Waals surface area (Å²) in [6.07, 6.45) is 2.49. The number of amides is 1. The molecule has 0 spiro atoms. The molecule has 7 heteroatoms. The number of nitro benzene ring substituents is 1. The zero-order chi connectivity index (χ0) is 23.7. The Morgan fingerprint density at radius 3 is 2.56 bits per heavy atom. The first-order valence-corrected chi connectivity index (χ1v) is 11.6. The van der Waals surface area contributed by atoms with E-state index >= 15 is 0 Å². The van der Waals surface area contributed by atoms with E-state index in [1.807, 2.05) is 42.5 Å². The van der Waals surface area contributed by atoms with Gasteiger partial charge in [-0.25, -0.2) is 0 Å². The largest absolute Gasteiger partial charge is 0.325 e. The first-order chi connectivity index (χ1) is 16.5. The van der Waals surface area contributed by atoms with E-state index in [1.165, 1.54) is 30.5 Å². The van der Waals surface area contributed by atoms with Crippen molar-refractivity contribution >= 4 is 28.7 Å². The van der Waals surface area contributed by atoms with Gasteiger partial charge in [-0.15, -0.1) is 0 Å².